The summed E-state index contributed by atoms with van der Waals surface area (Å²) in [4.78, 5) is 22.6. The van der Waals surface area contributed by atoms with Crippen molar-refractivity contribution in [1.29, 1.82) is 0 Å². The van der Waals surface area contributed by atoms with E-state index in [9.17, 15) is 18.0 Å². The number of nitrogens with zero attached hydrogens (tertiary/aromatic N) is 3. The summed E-state index contributed by atoms with van der Waals surface area (Å²) < 4.78 is 48.1. The first-order chi connectivity index (χ1) is 17.5. The molecule has 0 aliphatic carbocycles. The summed E-state index contributed by atoms with van der Waals surface area (Å²) in [7, 11) is 48.3. The summed E-state index contributed by atoms with van der Waals surface area (Å²) in [6.45, 7) is -0.491. The second kappa shape index (κ2) is 9.58. The molecule has 0 bridgehead atoms. The van der Waals surface area contributed by atoms with Crippen LogP contribution in [0.1, 0.15) is 16.2 Å². The lowest BCUT2D eigenvalue weighted by molar-refractivity contribution is -0.273. The van der Waals surface area contributed by atoms with Crippen LogP contribution in [-0.4, -0.2) is 102 Å². The van der Waals surface area contributed by atoms with E-state index in [0.717, 1.165) is 4.90 Å². The van der Waals surface area contributed by atoms with E-state index in [2.05, 4.69) is 14.7 Å². The Morgan fingerprint density at radius 2 is 1.55 bits per heavy atom. The Balaban J connectivity index is 1.87. The number of aromatic nitrogens is 2. The van der Waals surface area contributed by atoms with Crippen molar-refractivity contribution < 1.29 is 27.4 Å². The Morgan fingerprint density at radius 1 is 0.974 bits per heavy atom. The standard InChI is InChI=1S/C21H8B8F3N3O3/c22-12-11(13(23)15(25)16(14(12)24)38-21(30,31)32)8-2-3-10-9(6-8)17(36)35(7-19(26,27)37-10)20(28,29)18-33-4-1-5-34-18/h1-6H,7H2. The maximum absolute atomic E-state index is 13.7. The number of amides is 1. The van der Waals surface area contributed by atoms with E-state index >= 15 is 0 Å². The molecule has 1 aliphatic heterocycles. The van der Waals surface area contributed by atoms with E-state index in [1.165, 1.54) is 36.7 Å². The highest BCUT2D eigenvalue weighted by Gasteiger charge is 2.41. The number of hydrogen-bond acceptors (Lipinski definition) is 5. The van der Waals surface area contributed by atoms with Crippen molar-refractivity contribution in [2.45, 2.75) is 17.1 Å². The van der Waals surface area contributed by atoms with Crippen LogP contribution in [0.15, 0.2) is 36.7 Å². The fraction of sp³-hybridized carbons (Fsp3) is 0.190. The van der Waals surface area contributed by atoms with Crippen molar-refractivity contribution in [2.75, 3.05) is 6.54 Å². The number of carbonyl (C=O) groups excluding carboxylic acids is 1. The SMILES string of the molecule is [B]c1c([B])c(-c2ccc3c(c2)C(=O)N(C([B])([B])c2ncccn2)CC([B])([B])O3)c([B])c([B])c1OC(F)(F)F. The third-order valence-electron chi connectivity index (χ3n) is 5.65. The first kappa shape index (κ1) is 27.9. The fourth-order valence-corrected chi connectivity index (χ4v) is 3.91. The molecule has 0 spiro atoms. The van der Waals surface area contributed by atoms with Gasteiger partial charge in [0, 0.05) is 29.7 Å². The molecule has 17 heteroatoms. The smallest absolute Gasteiger partial charge is 0.504 e. The summed E-state index contributed by atoms with van der Waals surface area (Å²) in [5, 5.41) is -4.04. The highest BCUT2D eigenvalue weighted by atomic mass is 19.4. The van der Waals surface area contributed by atoms with Crippen LogP contribution < -0.4 is 31.3 Å². The maximum atomic E-state index is 13.7. The molecule has 4 rings (SSSR count). The molecule has 3 aromatic rings. The van der Waals surface area contributed by atoms with Crippen LogP contribution in [-0.2, 0) is 5.34 Å². The number of carbonyl (C=O) groups is 1. The number of rotatable bonds is 4. The van der Waals surface area contributed by atoms with Crippen LogP contribution >= 0.6 is 0 Å². The van der Waals surface area contributed by atoms with Crippen molar-refractivity contribution in [1.82, 2.24) is 14.9 Å². The third-order valence-corrected chi connectivity index (χ3v) is 5.65. The molecule has 1 aliphatic rings. The Bertz CT molecular complexity index is 1400. The van der Waals surface area contributed by atoms with Gasteiger partial charge in [-0.05, 0) is 29.3 Å². The predicted molar refractivity (Wildman–Crippen MR) is 141 cm³/mol. The lowest BCUT2D eigenvalue weighted by Crippen LogP contribution is -2.58. The van der Waals surface area contributed by atoms with Gasteiger partial charge in [0.25, 0.3) is 5.91 Å². The molecule has 1 amide bonds. The summed E-state index contributed by atoms with van der Waals surface area (Å²) in [5.74, 6) is -1.94. The topological polar surface area (TPSA) is 64.6 Å². The zero-order valence-electron chi connectivity index (χ0n) is 19.5. The number of halogens is 3. The van der Waals surface area contributed by atoms with Gasteiger partial charge in [0.15, 0.2) is 0 Å². The van der Waals surface area contributed by atoms with Gasteiger partial charge in [0.2, 0.25) is 0 Å². The van der Waals surface area contributed by atoms with Gasteiger partial charge in [-0.3, -0.25) is 4.79 Å². The molecule has 0 N–H and O–H groups in total. The average molecular weight is 494 g/mol. The van der Waals surface area contributed by atoms with E-state index < -0.39 is 46.2 Å². The second-order valence-corrected chi connectivity index (χ2v) is 8.46. The molecule has 0 saturated heterocycles. The summed E-state index contributed by atoms with van der Waals surface area (Å²) in [5.41, 5.74) is -2.08. The Morgan fingerprint density at radius 3 is 2.11 bits per heavy atom. The van der Waals surface area contributed by atoms with Gasteiger partial charge in [-0.15, -0.1) is 13.2 Å². The summed E-state index contributed by atoms with van der Waals surface area (Å²) in [6.07, 6.45) is -2.38. The van der Waals surface area contributed by atoms with Crippen LogP contribution in [0, 0.1) is 0 Å². The lowest BCUT2D eigenvalue weighted by Gasteiger charge is -2.41. The van der Waals surface area contributed by atoms with Gasteiger partial charge in [-0.2, -0.15) is 0 Å². The highest BCUT2D eigenvalue weighted by Crippen LogP contribution is 2.34. The van der Waals surface area contributed by atoms with Crippen LogP contribution in [0.25, 0.3) is 11.1 Å². The highest BCUT2D eigenvalue weighted by molar-refractivity contribution is 6.61. The van der Waals surface area contributed by atoms with Crippen molar-refractivity contribution in [3.63, 3.8) is 0 Å². The molecule has 1 aromatic heterocycles. The normalized spacial score (nSPS) is 15.3. The quantitative estimate of drug-likeness (QED) is 0.367. The van der Waals surface area contributed by atoms with Crippen LogP contribution in [0.3, 0.4) is 0 Å². The molecule has 16 radical (unpaired) electrons. The minimum Gasteiger partial charge on any atom is -0.504 e. The van der Waals surface area contributed by atoms with Gasteiger partial charge in [-0.25, -0.2) is 9.97 Å². The van der Waals surface area contributed by atoms with Crippen molar-refractivity contribution in [3.05, 3.63) is 48.0 Å². The van der Waals surface area contributed by atoms with Crippen molar-refractivity contribution in [3.8, 4) is 22.6 Å². The fourth-order valence-electron chi connectivity index (χ4n) is 3.91. The minimum atomic E-state index is -5.11. The largest absolute Gasteiger partial charge is 0.573 e. The van der Waals surface area contributed by atoms with Crippen LogP contribution in [0.2, 0.25) is 0 Å². The third kappa shape index (κ3) is 5.12. The Kier molecular flexibility index (Phi) is 7.04. The lowest BCUT2D eigenvalue weighted by atomic mass is 9.57. The maximum Gasteiger partial charge on any atom is 0.573 e. The van der Waals surface area contributed by atoms with Gasteiger partial charge in [0.05, 0.1) is 5.56 Å². The van der Waals surface area contributed by atoms with Gasteiger partial charge in [0.1, 0.15) is 80.1 Å². The van der Waals surface area contributed by atoms with Crippen LogP contribution in [0.4, 0.5) is 13.2 Å². The molecule has 2 heterocycles. The Labute approximate surface area is 227 Å². The number of fused-ring (bicyclic) bond motifs is 1. The van der Waals surface area contributed by atoms with E-state index in [0.29, 0.717) is 0 Å². The molecule has 170 valence electrons. The zero-order chi connectivity index (χ0) is 28.2. The zero-order valence-corrected chi connectivity index (χ0v) is 19.5. The molecule has 0 unspecified atom stereocenters. The van der Waals surface area contributed by atoms with E-state index in [1.54, 1.807) is 0 Å². The minimum absolute atomic E-state index is 0.0638. The van der Waals surface area contributed by atoms with Crippen molar-refractivity contribution >= 4 is 90.5 Å². The molecule has 0 atom stereocenters. The number of hydrogen-bond donors (Lipinski definition) is 0. The first-order valence-corrected chi connectivity index (χ1v) is 10.6. The van der Waals surface area contributed by atoms with Gasteiger partial charge < -0.3 is 14.4 Å². The number of benzene rings is 2. The molecule has 2 aromatic carbocycles. The van der Waals surface area contributed by atoms with Gasteiger partial charge >= 0.3 is 6.36 Å². The molecular weight excluding hydrogens is 486 g/mol. The van der Waals surface area contributed by atoms with E-state index in [1.807, 2.05) is 0 Å². The molecule has 38 heavy (non-hydrogen) atoms. The molecule has 6 nitrogen and oxygen atoms in total. The summed E-state index contributed by atoms with van der Waals surface area (Å²) in [6, 6.07) is 5.49. The predicted octanol–water partition coefficient (Wildman–Crippen LogP) is -2.81. The van der Waals surface area contributed by atoms with Crippen LogP contribution in [0.5, 0.6) is 11.5 Å². The van der Waals surface area contributed by atoms with E-state index in [-0.39, 0.29) is 39.2 Å². The molecule has 0 saturated carbocycles. The molecule has 0 fully saturated rings. The monoisotopic (exact) mass is 495 g/mol. The first-order valence-electron chi connectivity index (χ1n) is 10.6. The van der Waals surface area contributed by atoms with E-state index in [4.69, 9.17) is 67.5 Å². The molecular formula is C21H8B8F3N3O3. The number of alkyl halides is 3. The van der Waals surface area contributed by atoms with Crippen molar-refractivity contribution in [2.24, 2.45) is 0 Å². The number of ether oxygens (including phenoxy) is 2. The van der Waals surface area contributed by atoms with Gasteiger partial charge in [-0.1, -0.05) is 27.9 Å². The average Bonchev–Trinajstić information content (AvgIpc) is 2.94. The second-order valence-electron chi connectivity index (χ2n) is 8.46. The summed E-state index contributed by atoms with van der Waals surface area (Å²) >= 11 is 0. The Hall–Kier alpha value is -3.10.